The van der Waals surface area contributed by atoms with Crippen molar-refractivity contribution >= 4 is 11.8 Å². The lowest BCUT2D eigenvalue weighted by molar-refractivity contribution is -0.202. The van der Waals surface area contributed by atoms with Crippen LogP contribution in [-0.4, -0.2) is 40.3 Å². The van der Waals surface area contributed by atoms with Gasteiger partial charge in [-0.15, -0.1) is 0 Å². The zero-order valence-electron chi connectivity index (χ0n) is 16.1. The molecule has 140 valence electrons. The van der Waals surface area contributed by atoms with Crippen LogP contribution in [0.1, 0.15) is 67.2 Å². The van der Waals surface area contributed by atoms with Gasteiger partial charge in [0.25, 0.3) is 0 Å². The maximum atomic E-state index is 12.5. The largest absolute Gasteiger partial charge is 0.457 e. The van der Waals surface area contributed by atoms with Gasteiger partial charge in [0.2, 0.25) is 0 Å². The highest BCUT2D eigenvalue weighted by atomic mass is 16.7. The van der Waals surface area contributed by atoms with E-state index in [2.05, 4.69) is 6.92 Å². The van der Waals surface area contributed by atoms with Crippen LogP contribution in [0.25, 0.3) is 0 Å². The lowest BCUT2D eigenvalue weighted by Gasteiger charge is -2.55. The highest BCUT2D eigenvalue weighted by molar-refractivity contribution is 5.97. The standard InChI is InChI=1S/C20H30O5/c1-11(2)13-9-15-18(4,10-14(13)21)8-7-16(19(15,5)23)24-17(22)20(6)12(3)25-20/h12,15-16,23H,7-10H2,1-6H3/t12-,15+,16-,18-,19+,20+/m1/s1. The molecule has 0 amide bonds. The number of hydrogen-bond donors (Lipinski definition) is 1. The topological polar surface area (TPSA) is 76.1 Å². The second-order valence-corrected chi connectivity index (χ2v) is 9.01. The molecule has 0 aromatic heterocycles. The molecular weight excluding hydrogens is 320 g/mol. The van der Waals surface area contributed by atoms with E-state index in [1.165, 1.54) is 0 Å². The Balaban J connectivity index is 1.84. The Morgan fingerprint density at radius 3 is 2.40 bits per heavy atom. The molecule has 25 heavy (non-hydrogen) atoms. The summed E-state index contributed by atoms with van der Waals surface area (Å²) in [5.74, 6) is -0.319. The van der Waals surface area contributed by atoms with Gasteiger partial charge in [-0.05, 0) is 64.9 Å². The molecule has 0 unspecified atom stereocenters. The van der Waals surface area contributed by atoms with Crippen molar-refractivity contribution in [3.8, 4) is 0 Å². The minimum atomic E-state index is -1.17. The molecule has 2 saturated carbocycles. The third-order valence-corrected chi connectivity index (χ3v) is 6.88. The predicted molar refractivity (Wildman–Crippen MR) is 92.9 cm³/mol. The number of carbonyl (C=O) groups is 2. The number of ether oxygens (including phenoxy) is 2. The number of epoxide rings is 1. The van der Waals surface area contributed by atoms with Crippen LogP contribution in [0.4, 0.5) is 0 Å². The maximum Gasteiger partial charge on any atom is 0.341 e. The Morgan fingerprint density at radius 1 is 1.28 bits per heavy atom. The average Bonchev–Trinajstić information content (AvgIpc) is 3.10. The van der Waals surface area contributed by atoms with Crippen molar-refractivity contribution in [2.24, 2.45) is 11.3 Å². The van der Waals surface area contributed by atoms with Gasteiger partial charge in [0.1, 0.15) is 11.7 Å². The molecule has 5 heteroatoms. The van der Waals surface area contributed by atoms with Crippen LogP contribution in [-0.2, 0) is 19.1 Å². The van der Waals surface area contributed by atoms with E-state index in [0.717, 1.165) is 17.6 Å². The number of ketones is 1. The van der Waals surface area contributed by atoms with Crippen LogP contribution >= 0.6 is 0 Å². The SMILES string of the molecule is CC(C)=C1C[C@H]2[C@](C)(CC[C@@H](OC(=O)[C@@]3(C)O[C@@H]3C)[C@@]2(C)O)CC1=O. The minimum Gasteiger partial charge on any atom is -0.457 e. The van der Waals surface area contributed by atoms with Crippen molar-refractivity contribution < 1.29 is 24.2 Å². The Kier molecular flexibility index (Phi) is 4.20. The summed E-state index contributed by atoms with van der Waals surface area (Å²) >= 11 is 0. The van der Waals surface area contributed by atoms with E-state index in [1.54, 1.807) is 13.8 Å². The molecule has 1 saturated heterocycles. The van der Waals surface area contributed by atoms with Crippen molar-refractivity contribution in [3.05, 3.63) is 11.1 Å². The van der Waals surface area contributed by atoms with Crippen LogP contribution in [0.3, 0.4) is 0 Å². The van der Waals surface area contributed by atoms with Gasteiger partial charge in [-0.2, -0.15) is 0 Å². The molecule has 0 aromatic rings. The van der Waals surface area contributed by atoms with Gasteiger partial charge in [0.15, 0.2) is 11.4 Å². The molecular formula is C20H30O5. The highest BCUT2D eigenvalue weighted by Crippen LogP contribution is 2.55. The predicted octanol–water partition coefficient (Wildman–Crippen LogP) is 2.94. The third kappa shape index (κ3) is 2.85. The van der Waals surface area contributed by atoms with Gasteiger partial charge in [0, 0.05) is 12.3 Å². The van der Waals surface area contributed by atoms with Crippen LogP contribution in [0.2, 0.25) is 0 Å². The fourth-order valence-corrected chi connectivity index (χ4v) is 4.77. The summed E-state index contributed by atoms with van der Waals surface area (Å²) in [5.41, 5.74) is -0.478. The molecule has 1 N–H and O–H groups in total. The summed E-state index contributed by atoms with van der Waals surface area (Å²) in [7, 11) is 0. The Morgan fingerprint density at radius 2 is 1.88 bits per heavy atom. The first-order chi connectivity index (χ1) is 11.4. The summed E-state index contributed by atoms with van der Waals surface area (Å²) in [6.07, 6.45) is 1.60. The second kappa shape index (κ2) is 5.65. The Hall–Kier alpha value is -1.20. The van der Waals surface area contributed by atoms with Crippen LogP contribution < -0.4 is 0 Å². The first kappa shape index (κ1) is 18.6. The normalized spacial score (nSPS) is 46.4. The number of carbonyl (C=O) groups excluding carboxylic acids is 2. The fourth-order valence-electron chi connectivity index (χ4n) is 4.77. The number of rotatable bonds is 2. The molecule has 5 nitrogen and oxygen atoms in total. The quantitative estimate of drug-likeness (QED) is 0.471. The number of fused-ring (bicyclic) bond motifs is 1. The molecule has 2 aliphatic carbocycles. The minimum absolute atomic E-state index is 0.112. The molecule has 1 aliphatic heterocycles. The second-order valence-electron chi connectivity index (χ2n) is 9.01. The summed E-state index contributed by atoms with van der Waals surface area (Å²) < 4.78 is 11.1. The van der Waals surface area contributed by atoms with E-state index < -0.39 is 23.3 Å². The Bertz CT molecular complexity index is 644. The van der Waals surface area contributed by atoms with E-state index in [1.807, 2.05) is 20.8 Å². The maximum absolute atomic E-state index is 12.5. The number of aliphatic hydroxyl groups is 1. The van der Waals surface area contributed by atoms with Gasteiger partial charge < -0.3 is 14.6 Å². The zero-order valence-corrected chi connectivity index (χ0v) is 16.1. The van der Waals surface area contributed by atoms with E-state index in [4.69, 9.17) is 9.47 Å². The first-order valence-electron chi connectivity index (χ1n) is 9.22. The summed E-state index contributed by atoms with van der Waals surface area (Å²) in [5, 5.41) is 11.3. The first-order valence-corrected chi connectivity index (χ1v) is 9.22. The number of hydrogen-bond acceptors (Lipinski definition) is 5. The lowest BCUT2D eigenvalue weighted by atomic mass is 9.53. The number of Topliss-reactive ketones (excluding diaryl/α,β-unsaturated/α-hetero) is 1. The van der Waals surface area contributed by atoms with Crippen molar-refractivity contribution in [2.45, 2.75) is 90.6 Å². The zero-order chi connectivity index (χ0) is 18.8. The molecule has 6 atom stereocenters. The molecule has 0 aromatic carbocycles. The van der Waals surface area contributed by atoms with E-state index in [-0.39, 0.29) is 23.2 Å². The van der Waals surface area contributed by atoms with E-state index in [9.17, 15) is 14.7 Å². The van der Waals surface area contributed by atoms with E-state index >= 15 is 0 Å². The summed E-state index contributed by atoms with van der Waals surface area (Å²) in [6.45, 7) is 11.3. The van der Waals surface area contributed by atoms with Gasteiger partial charge in [-0.1, -0.05) is 12.5 Å². The van der Waals surface area contributed by atoms with Gasteiger partial charge >= 0.3 is 5.97 Å². The van der Waals surface area contributed by atoms with E-state index in [0.29, 0.717) is 19.3 Å². The Labute approximate surface area is 149 Å². The molecule has 1 heterocycles. The molecule has 0 spiro atoms. The van der Waals surface area contributed by atoms with Crippen LogP contribution in [0, 0.1) is 11.3 Å². The number of esters is 1. The summed E-state index contributed by atoms with van der Waals surface area (Å²) in [4.78, 5) is 24.9. The van der Waals surface area contributed by atoms with Crippen molar-refractivity contribution in [3.63, 3.8) is 0 Å². The summed E-state index contributed by atoms with van der Waals surface area (Å²) in [6, 6.07) is 0. The molecule has 0 bridgehead atoms. The third-order valence-electron chi connectivity index (χ3n) is 6.88. The molecule has 3 rings (SSSR count). The molecule has 0 radical (unpaired) electrons. The van der Waals surface area contributed by atoms with Gasteiger partial charge in [-0.3, -0.25) is 4.79 Å². The van der Waals surface area contributed by atoms with Gasteiger partial charge in [0.05, 0.1) is 6.10 Å². The van der Waals surface area contributed by atoms with Crippen LogP contribution in [0.15, 0.2) is 11.1 Å². The highest BCUT2D eigenvalue weighted by Gasteiger charge is 2.61. The molecule has 3 fully saturated rings. The monoisotopic (exact) mass is 350 g/mol. The average molecular weight is 350 g/mol. The van der Waals surface area contributed by atoms with Gasteiger partial charge in [-0.25, -0.2) is 4.79 Å². The van der Waals surface area contributed by atoms with Crippen molar-refractivity contribution in [2.75, 3.05) is 0 Å². The fraction of sp³-hybridized carbons (Fsp3) is 0.800. The van der Waals surface area contributed by atoms with Crippen LogP contribution in [0.5, 0.6) is 0 Å². The lowest BCUT2D eigenvalue weighted by Crippen LogP contribution is -2.60. The number of allylic oxidation sites excluding steroid dienone is 2. The molecule has 3 aliphatic rings. The van der Waals surface area contributed by atoms with Crippen molar-refractivity contribution in [1.29, 1.82) is 0 Å². The van der Waals surface area contributed by atoms with Crippen molar-refractivity contribution in [1.82, 2.24) is 0 Å². The smallest absolute Gasteiger partial charge is 0.341 e.